The Morgan fingerprint density at radius 1 is 1.38 bits per heavy atom. The van der Waals surface area contributed by atoms with Crippen molar-refractivity contribution >= 4 is 0 Å². The first-order chi connectivity index (χ1) is 6.88. The van der Waals surface area contributed by atoms with Gasteiger partial charge in [0.25, 0.3) is 0 Å². The summed E-state index contributed by atoms with van der Waals surface area (Å²) in [7, 11) is 0. The van der Waals surface area contributed by atoms with E-state index in [1.807, 2.05) is 12.1 Å². The third kappa shape index (κ3) is 4.67. The van der Waals surface area contributed by atoms with Crippen LogP contribution in [-0.2, 0) is 11.2 Å². The van der Waals surface area contributed by atoms with Crippen LogP contribution < -0.4 is 4.74 Å². The molecule has 1 atom stereocenters. The van der Waals surface area contributed by atoms with Gasteiger partial charge in [-0.15, -0.1) is 0 Å². The van der Waals surface area contributed by atoms with Crippen LogP contribution in [0.4, 0.5) is 0 Å². The molecule has 1 aromatic carbocycles. The number of aryl methyl sites for hydroxylation is 1. The monoisotopic (exact) mass is 224 g/mol. The Labute approximate surface area is 99.6 Å². The molecule has 1 saturated heterocycles. The molecule has 2 rings (SSSR count). The summed E-state index contributed by atoms with van der Waals surface area (Å²) in [6, 6.07) is 8.31. The number of rotatable bonds is 5. The molecule has 2 heteroatoms. The summed E-state index contributed by atoms with van der Waals surface area (Å²) in [6.45, 7) is 3.73. The molecule has 0 bridgehead atoms. The van der Waals surface area contributed by atoms with Crippen molar-refractivity contribution in [3.05, 3.63) is 29.8 Å². The summed E-state index contributed by atoms with van der Waals surface area (Å²) in [5, 5.41) is 0. The molecule has 0 amide bonds. The third-order valence-corrected chi connectivity index (χ3v) is 2.28. The average molecular weight is 224 g/mol. The van der Waals surface area contributed by atoms with Crippen molar-refractivity contribution in [2.24, 2.45) is 0 Å². The molecule has 1 heterocycles. The van der Waals surface area contributed by atoms with Crippen LogP contribution in [0, 0.1) is 0 Å². The van der Waals surface area contributed by atoms with Crippen LogP contribution in [0.1, 0.15) is 33.8 Å². The lowest BCUT2D eigenvalue weighted by Gasteiger charge is -2.05. The highest BCUT2D eigenvalue weighted by Gasteiger charge is 2.22. The van der Waals surface area contributed by atoms with Crippen molar-refractivity contribution in [1.29, 1.82) is 0 Å². The topological polar surface area (TPSA) is 21.8 Å². The molecule has 0 aromatic heterocycles. The van der Waals surface area contributed by atoms with Crippen molar-refractivity contribution in [1.82, 2.24) is 0 Å². The molecule has 92 valence electrons. The van der Waals surface area contributed by atoms with E-state index >= 15 is 0 Å². The number of hydrogen-bond acceptors (Lipinski definition) is 2. The summed E-state index contributed by atoms with van der Waals surface area (Å²) in [4.78, 5) is 0. The van der Waals surface area contributed by atoms with Crippen LogP contribution in [0.2, 0.25) is 0 Å². The Morgan fingerprint density at radius 2 is 2.12 bits per heavy atom. The fraction of sp³-hybridized carbons (Fsp3) is 0.571. The minimum atomic E-state index is 0. The highest BCUT2D eigenvalue weighted by Crippen LogP contribution is 2.17. The Kier molecular flexibility index (Phi) is 6.82. The SMILES string of the molecule is C.C.CCCc1cccc(OCC2CO2)c1. The second-order valence-corrected chi connectivity index (χ2v) is 3.66. The van der Waals surface area contributed by atoms with E-state index in [2.05, 4.69) is 19.1 Å². The van der Waals surface area contributed by atoms with Crippen LogP contribution >= 0.6 is 0 Å². The van der Waals surface area contributed by atoms with Gasteiger partial charge in [0.05, 0.1) is 6.61 Å². The molecule has 0 N–H and O–H groups in total. The second-order valence-electron chi connectivity index (χ2n) is 3.66. The molecular formula is C14H24O2. The molecule has 1 aliphatic heterocycles. The van der Waals surface area contributed by atoms with E-state index in [0.717, 1.165) is 18.8 Å². The van der Waals surface area contributed by atoms with Crippen LogP contribution in [0.25, 0.3) is 0 Å². The lowest BCUT2D eigenvalue weighted by Crippen LogP contribution is -2.04. The number of epoxide rings is 1. The van der Waals surface area contributed by atoms with Gasteiger partial charge >= 0.3 is 0 Å². The molecule has 1 fully saturated rings. The molecule has 0 radical (unpaired) electrons. The minimum absolute atomic E-state index is 0. The van der Waals surface area contributed by atoms with Crippen LogP contribution in [0.3, 0.4) is 0 Å². The zero-order valence-corrected chi connectivity index (χ0v) is 8.53. The van der Waals surface area contributed by atoms with Gasteiger partial charge in [0.2, 0.25) is 0 Å². The zero-order chi connectivity index (χ0) is 9.80. The van der Waals surface area contributed by atoms with E-state index < -0.39 is 0 Å². The van der Waals surface area contributed by atoms with Crippen molar-refractivity contribution in [3.63, 3.8) is 0 Å². The second kappa shape index (κ2) is 7.29. The highest BCUT2D eigenvalue weighted by atomic mass is 16.6. The van der Waals surface area contributed by atoms with E-state index in [-0.39, 0.29) is 14.9 Å². The molecule has 1 aromatic rings. The van der Waals surface area contributed by atoms with E-state index in [1.165, 1.54) is 12.0 Å². The maximum atomic E-state index is 5.59. The third-order valence-electron chi connectivity index (χ3n) is 2.28. The van der Waals surface area contributed by atoms with Gasteiger partial charge in [-0.1, -0.05) is 40.3 Å². The largest absolute Gasteiger partial charge is 0.491 e. The fourth-order valence-electron chi connectivity index (χ4n) is 1.43. The van der Waals surface area contributed by atoms with Crippen LogP contribution in [0.5, 0.6) is 5.75 Å². The lowest BCUT2D eigenvalue weighted by atomic mass is 10.1. The molecule has 1 aliphatic rings. The van der Waals surface area contributed by atoms with E-state index in [4.69, 9.17) is 9.47 Å². The van der Waals surface area contributed by atoms with Crippen LogP contribution in [-0.4, -0.2) is 19.3 Å². The molecule has 1 unspecified atom stereocenters. The molecule has 0 saturated carbocycles. The van der Waals surface area contributed by atoms with Gasteiger partial charge in [0, 0.05) is 0 Å². The van der Waals surface area contributed by atoms with Crippen molar-refractivity contribution in [2.75, 3.05) is 13.2 Å². The van der Waals surface area contributed by atoms with Gasteiger partial charge in [-0.25, -0.2) is 0 Å². The fourth-order valence-corrected chi connectivity index (χ4v) is 1.43. The van der Waals surface area contributed by atoms with Crippen molar-refractivity contribution < 1.29 is 9.47 Å². The highest BCUT2D eigenvalue weighted by molar-refractivity contribution is 5.28. The Morgan fingerprint density at radius 3 is 2.75 bits per heavy atom. The molecule has 16 heavy (non-hydrogen) atoms. The summed E-state index contributed by atoms with van der Waals surface area (Å²) in [6.07, 6.45) is 2.64. The van der Waals surface area contributed by atoms with E-state index in [9.17, 15) is 0 Å². The standard InChI is InChI=1S/C12H16O2.2CH4/c1-2-4-10-5-3-6-11(7-10)13-8-12-9-14-12;;/h3,5-7,12H,2,4,8-9H2,1H3;2*1H4. The average Bonchev–Trinajstić information content (AvgIpc) is 2.99. The Hall–Kier alpha value is -1.02. The maximum absolute atomic E-state index is 5.59. The van der Waals surface area contributed by atoms with Gasteiger partial charge in [-0.3, -0.25) is 0 Å². The first-order valence-corrected chi connectivity index (χ1v) is 5.22. The molecular weight excluding hydrogens is 200 g/mol. The smallest absolute Gasteiger partial charge is 0.119 e. The predicted molar refractivity (Wildman–Crippen MR) is 69.1 cm³/mol. The summed E-state index contributed by atoms with van der Waals surface area (Å²) in [5.74, 6) is 0.964. The number of ether oxygens (including phenoxy) is 2. The molecule has 0 spiro atoms. The Bertz CT molecular complexity index is 293. The number of benzene rings is 1. The molecule has 0 aliphatic carbocycles. The van der Waals surface area contributed by atoms with E-state index in [1.54, 1.807) is 0 Å². The van der Waals surface area contributed by atoms with E-state index in [0.29, 0.717) is 12.7 Å². The van der Waals surface area contributed by atoms with Gasteiger partial charge in [-0.2, -0.15) is 0 Å². The van der Waals surface area contributed by atoms with Crippen molar-refractivity contribution in [2.45, 2.75) is 40.7 Å². The molecule has 2 nitrogen and oxygen atoms in total. The van der Waals surface area contributed by atoms with Gasteiger partial charge < -0.3 is 9.47 Å². The van der Waals surface area contributed by atoms with Crippen LogP contribution in [0.15, 0.2) is 24.3 Å². The summed E-state index contributed by atoms with van der Waals surface area (Å²) < 4.78 is 10.7. The summed E-state index contributed by atoms with van der Waals surface area (Å²) >= 11 is 0. The van der Waals surface area contributed by atoms with Crippen molar-refractivity contribution in [3.8, 4) is 5.75 Å². The maximum Gasteiger partial charge on any atom is 0.119 e. The van der Waals surface area contributed by atoms with Gasteiger partial charge in [0.15, 0.2) is 0 Å². The van der Waals surface area contributed by atoms with Gasteiger partial charge in [-0.05, 0) is 24.1 Å². The lowest BCUT2D eigenvalue weighted by molar-refractivity contribution is 0.263. The predicted octanol–water partition coefficient (Wildman–Crippen LogP) is 3.69. The minimum Gasteiger partial charge on any atom is -0.491 e. The quantitative estimate of drug-likeness (QED) is 0.711. The number of hydrogen-bond donors (Lipinski definition) is 0. The first kappa shape index (κ1) is 15.0. The van der Waals surface area contributed by atoms with Gasteiger partial charge in [0.1, 0.15) is 18.5 Å². The normalized spacial score (nSPS) is 16.9. The summed E-state index contributed by atoms with van der Waals surface area (Å²) in [5.41, 5.74) is 1.35. The zero-order valence-electron chi connectivity index (χ0n) is 8.53. The Balaban J connectivity index is 0.00000112. The first-order valence-electron chi connectivity index (χ1n) is 5.22.